The van der Waals surface area contributed by atoms with Gasteiger partial charge in [0.05, 0.1) is 18.6 Å². The number of nitrogens with two attached hydrogens (primary N) is 1. The van der Waals surface area contributed by atoms with Crippen LogP contribution in [0, 0.1) is 18.8 Å². The van der Waals surface area contributed by atoms with Crippen LogP contribution in [0.2, 0.25) is 0 Å². The van der Waals surface area contributed by atoms with Gasteiger partial charge in [0, 0.05) is 36.3 Å². The van der Waals surface area contributed by atoms with Gasteiger partial charge in [0.2, 0.25) is 5.95 Å². The lowest BCUT2D eigenvalue weighted by molar-refractivity contribution is 0.496. The van der Waals surface area contributed by atoms with Crippen LogP contribution in [0.4, 0.5) is 5.95 Å². The van der Waals surface area contributed by atoms with E-state index in [-0.39, 0.29) is 24.3 Å². The summed E-state index contributed by atoms with van der Waals surface area (Å²) in [7, 11) is 0. The number of hydrogen-bond donors (Lipinski definition) is 1. The molecule has 10 heteroatoms. The van der Waals surface area contributed by atoms with Crippen LogP contribution in [0.15, 0.2) is 33.9 Å². The summed E-state index contributed by atoms with van der Waals surface area (Å²) in [6.45, 7) is 5.42. The van der Waals surface area contributed by atoms with Crippen molar-refractivity contribution in [1.29, 1.82) is 0 Å². The van der Waals surface area contributed by atoms with E-state index in [2.05, 4.69) is 26.7 Å². The third kappa shape index (κ3) is 4.09. The first kappa shape index (κ1) is 23.4. The van der Waals surface area contributed by atoms with E-state index >= 15 is 0 Å². The fraction of sp³-hybridized carbons (Fsp3) is 0.444. The Bertz CT molecular complexity index is 1700. The number of piperidine rings is 1. The van der Waals surface area contributed by atoms with Gasteiger partial charge in [0.15, 0.2) is 11.2 Å². The molecule has 37 heavy (non-hydrogen) atoms. The number of aromatic nitrogens is 6. The maximum Gasteiger partial charge on any atom is 0.333 e. The zero-order valence-electron chi connectivity index (χ0n) is 21.1. The Morgan fingerprint density at radius 1 is 1.08 bits per heavy atom. The van der Waals surface area contributed by atoms with Crippen LogP contribution < -0.4 is 21.9 Å². The molecule has 2 aliphatic rings. The van der Waals surface area contributed by atoms with Gasteiger partial charge in [-0.1, -0.05) is 24.1 Å². The van der Waals surface area contributed by atoms with Crippen molar-refractivity contribution >= 4 is 28.0 Å². The van der Waals surface area contributed by atoms with Crippen molar-refractivity contribution in [3.05, 3.63) is 56.6 Å². The zero-order valence-corrected chi connectivity index (χ0v) is 21.1. The van der Waals surface area contributed by atoms with Gasteiger partial charge in [0.25, 0.3) is 5.56 Å². The second kappa shape index (κ2) is 9.16. The number of para-hydroxylation sites is 1. The predicted octanol–water partition coefficient (Wildman–Crippen LogP) is 1.95. The van der Waals surface area contributed by atoms with Gasteiger partial charge in [0.1, 0.15) is 5.82 Å². The first-order valence-electron chi connectivity index (χ1n) is 12.8. The van der Waals surface area contributed by atoms with E-state index in [0.717, 1.165) is 48.8 Å². The van der Waals surface area contributed by atoms with Gasteiger partial charge in [-0.2, -0.15) is 4.98 Å². The molecule has 4 aromatic rings. The molecule has 3 aromatic heterocycles. The smallest absolute Gasteiger partial charge is 0.333 e. The van der Waals surface area contributed by atoms with Crippen LogP contribution in [-0.2, 0) is 13.1 Å². The van der Waals surface area contributed by atoms with E-state index in [9.17, 15) is 9.59 Å². The topological polar surface area (TPSA) is 117 Å². The average molecular weight is 499 g/mol. The molecule has 1 aliphatic carbocycles. The second-order valence-electron chi connectivity index (χ2n) is 9.96. The molecule has 2 fully saturated rings. The average Bonchev–Trinajstić information content (AvgIpc) is 3.65. The highest BCUT2D eigenvalue weighted by atomic mass is 16.2. The summed E-state index contributed by atoms with van der Waals surface area (Å²) in [5.74, 6) is 7.10. The van der Waals surface area contributed by atoms with Crippen molar-refractivity contribution in [1.82, 2.24) is 28.7 Å². The minimum atomic E-state index is -0.399. The molecule has 1 atom stereocenters. The third-order valence-electron chi connectivity index (χ3n) is 7.25. The molecule has 1 saturated heterocycles. The molecule has 0 spiro atoms. The predicted molar refractivity (Wildman–Crippen MR) is 143 cm³/mol. The van der Waals surface area contributed by atoms with E-state index in [0.29, 0.717) is 36.0 Å². The standard InChI is InChI=1S/C27H30N8O2/c1-3-4-14-33-23-24(31-26(33)32-13-7-8-18(28)15-32)35(19-11-12-19)27(37)34(25(23)36)16-22-29-17(2)20-9-5-6-10-21(20)30-22/h5-6,9-10,18-19H,7-8,11-16,28H2,1-2H3/t18-/m1/s1. The number of aryl methyl sites for hydroxylation is 1. The summed E-state index contributed by atoms with van der Waals surface area (Å²) in [5, 5.41) is 0.949. The highest BCUT2D eigenvalue weighted by Gasteiger charge is 2.33. The monoisotopic (exact) mass is 498 g/mol. The van der Waals surface area contributed by atoms with Gasteiger partial charge >= 0.3 is 5.69 Å². The molecular weight excluding hydrogens is 468 g/mol. The lowest BCUT2D eigenvalue weighted by Gasteiger charge is -2.31. The Morgan fingerprint density at radius 3 is 2.65 bits per heavy atom. The fourth-order valence-corrected chi connectivity index (χ4v) is 5.29. The Balaban J connectivity index is 1.56. The minimum Gasteiger partial charge on any atom is -0.341 e. The van der Waals surface area contributed by atoms with Crippen LogP contribution in [0.3, 0.4) is 0 Å². The first-order valence-corrected chi connectivity index (χ1v) is 12.8. The summed E-state index contributed by atoms with van der Waals surface area (Å²) < 4.78 is 4.80. The van der Waals surface area contributed by atoms with Crippen molar-refractivity contribution in [2.75, 3.05) is 18.0 Å². The molecule has 1 aliphatic heterocycles. The summed E-state index contributed by atoms with van der Waals surface area (Å²) >= 11 is 0. The Hall–Kier alpha value is -3.97. The summed E-state index contributed by atoms with van der Waals surface area (Å²) in [5.41, 5.74) is 7.91. The number of nitrogens with zero attached hydrogens (tertiary/aromatic N) is 7. The van der Waals surface area contributed by atoms with Crippen LogP contribution >= 0.6 is 0 Å². The minimum absolute atomic E-state index is 0.0133. The van der Waals surface area contributed by atoms with E-state index < -0.39 is 5.56 Å². The molecule has 190 valence electrons. The highest BCUT2D eigenvalue weighted by molar-refractivity contribution is 5.80. The number of imidazole rings is 1. The zero-order chi connectivity index (χ0) is 25.7. The molecule has 1 saturated carbocycles. The Morgan fingerprint density at radius 2 is 1.89 bits per heavy atom. The van der Waals surface area contributed by atoms with E-state index in [1.165, 1.54) is 4.57 Å². The molecule has 1 aromatic carbocycles. The molecule has 0 unspecified atom stereocenters. The molecule has 10 nitrogen and oxygen atoms in total. The highest BCUT2D eigenvalue weighted by Crippen LogP contribution is 2.36. The third-order valence-corrected chi connectivity index (χ3v) is 7.25. The summed E-state index contributed by atoms with van der Waals surface area (Å²) in [6.07, 6.45) is 3.66. The van der Waals surface area contributed by atoms with Crippen LogP contribution in [-0.4, -0.2) is 47.8 Å². The maximum atomic E-state index is 14.0. The van der Waals surface area contributed by atoms with Gasteiger partial charge in [-0.05, 0) is 45.6 Å². The van der Waals surface area contributed by atoms with Gasteiger partial charge in [-0.15, -0.1) is 5.92 Å². The first-order chi connectivity index (χ1) is 18.0. The molecule has 6 rings (SSSR count). The van der Waals surface area contributed by atoms with Crippen LogP contribution in [0.1, 0.15) is 50.2 Å². The number of rotatable bonds is 5. The summed E-state index contributed by atoms with van der Waals surface area (Å²) in [4.78, 5) is 44.0. The van der Waals surface area contributed by atoms with Crippen molar-refractivity contribution < 1.29 is 0 Å². The molecule has 4 heterocycles. The van der Waals surface area contributed by atoms with Crippen LogP contribution in [0.25, 0.3) is 22.1 Å². The van der Waals surface area contributed by atoms with E-state index in [1.807, 2.05) is 35.8 Å². The number of benzene rings is 1. The van der Waals surface area contributed by atoms with Crippen LogP contribution in [0.5, 0.6) is 0 Å². The number of anilines is 1. The molecule has 2 N–H and O–H groups in total. The van der Waals surface area contributed by atoms with Crippen molar-refractivity contribution in [3.8, 4) is 11.8 Å². The fourth-order valence-electron chi connectivity index (χ4n) is 5.29. The quantitative estimate of drug-likeness (QED) is 0.418. The van der Waals surface area contributed by atoms with Crippen molar-refractivity contribution in [2.45, 2.75) is 64.7 Å². The number of hydrogen-bond acceptors (Lipinski definition) is 7. The molecule has 0 bridgehead atoms. The second-order valence-corrected chi connectivity index (χ2v) is 9.96. The lowest BCUT2D eigenvalue weighted by Crippen LogP contribution is -2.44. The van der Waals surface area contributed by atoms with Gasteiger partial charge < -0.3 is 10.6 Å². The van der Waals surface area contributed by atoms with Gasteiger partial charge in [-0.25, -0.2) is 14.8 Å². The summed E-state index contributed by atoms with van der Waals surface area (Å²) in [6, 6.07) is 7.80. The Labute approximate surface area is 213 Å². The molecular formula is C27H30N8O2. The lowest BCUT2D eigenvalue weighted by atomic mass is 10.1. The molecule has 0 radical (unpaired) electrons. The Kier molecular flexibility index (Phi) is 5.80. The SMILES string of the molecule is CC#CCn1c(N2CCC[C@@H](N)C2)nc2c1c(=O)n(Cc1nc(C)c3ccccc3n1)c(=O)n2C1CC1. The van der Waals surface area contributed by atoms with Crippen molar-refractivity contribution in [2.24, 2.45) is 5.73 Å². The van der Waals surface area contributed by atoms with E-state index in [1.54, 1.807) is 11.5 Å². The van der Waals surface area contributed by atoms with Gasteiger partial charge in [-0.3, -0.25) is 18.5 Å². The number of fused-ring (bicyclic) bond motifs is 2. The molecule has 0 amide bonds. The normalized spacial score (nSPS) is 17.8. The maximum absolute atomic E-state index is 14.0. The van der Waals surface area contributed by atoms with Crippen molar-refractivity contribution in [3.63, 3.8) is 0 Å². The largest absolute Gasteiger partial charge is 0.341 e. The van der Waals surface area contributed by atoms with E-state index in [4.69, 9.17) is 10.7 Å².